The summed E-state index contributed by atoms with van der Waals surface area (Å²) < 4.78 is 0. The lowest BCUT2D eigenvalue weighted by Crippen LogP contribution is -2.22. The molecule has 2 aromatic heterocycles. The van der Waals surface area contributed by atoms with Crippen molar-refractivity contribution in [2.24, 2.45) is 5.92 Å². The summed E-state index contributed by atoms with van der Waals surface area (Å²) in [4.78, 5) is 2.87. The van der Waals surface area contributed by atoms with Gasteiger partial charge < -0.3 is 5.32 Å². The van der Waals surface area contributed by atoms with Gasteiger partial charge in [-0.05, 0) is 41.8 Å². The molecule has 0 spiro atoms. The molecule has 3 heteroatoms. The van der Waals surface area contributed by atoms with Crippen LogP contribution in [0, 0.1) is 5.92 Å². The van der Waals surface area contributed by atoms with Gasteiger partial charge in [0.05, 0.1) is 6.04 Å². The lowest BCUT2D eigenvalue weighted by molar-refractivity contribution is 0.571. The summed E-state index contributed by atoms with van der Waals surface area (Å²) in [6, 6.07) is 9.17. The van der Waals surface area contributed by atoms with Crippen LogP contribution in [-0.2, 0) is 0 Å². The zero-order valence-corrected chi connectivity index (χ0v) is 11.4. The second-order valence-electron chi connectivity index (χ2n) is 4.65. The summed E-state index contributed by atoms with van der Waals surface area (Å²) in [5.74, 6) is 1.01. The Balaban J connectivity index is 1.67. The van der Waals surface area contributed by atoms with E-state index in [1.807, 2.05) is 22.7 Å². The van der Waals surface area contributed by atoms with Crippen LogP contribution < -0.4 is 5.32 Å². The molecule has 1 nitrogen and oxygen atoms in total. The van der Waals surface area contributed by atoms with Crippen molar-refractivity contribution in [1.82, 2.24) is 5.32 Å². The van der Waals surface area contributed by atoms with Gasteiger partial charge in [0.2, 0.25) is 0 Å². The van der Waals surface area contributed by atoms with Crippen LogP contribution in [0.25, 0.3) is 0 Å². The third kappa shape index (κ3) is 2.97. The van der Waals surface area contributed by atoms with Crippen molar-refractivity contribution in [3.63, 3.8) is 0 Å². The van der Waals surface area contributed by atoms with Gasteiger partial charge in [-0.3, -0.25) is 0 Å². The molecule has 0 unspecified atom stereocenters. The Labute approximate surface area is 111 Å². The van der Waals surface area contributed by atoms with Crippen molar-refractivity contribution in [2.45, 2.75) is 25.3 Å². The molecule has 1 N–H and O–H groups in total. The van der Waals surface area contributed by atoms with E-state index >= 15 is 0 Å². The Morgan fingerprint density at radius 1 is 1.12 bits per heavy atom. The molecule has 0 atom stereocenters. The van der Waals surface area contributed by atoms with Crippen LogP contribution in [0.3, 0.4) is 0 Å². The molecule has 0 radical (unpaired) electrons. The highest BCUT2D eigenvalue weighted by Gasteiger charge is 2.22. The van der Waals surface area contributed by atoms with Crippen LogP contribution in [0.4, 0.5) is 0 Å². The Bertz CT molecular complexity index is 395. The lowest BCUT2D eigenvalue weighted by Gasteiger charge is -2.15. The maximum atomic E-state index is 3.72. The highest BCUT2D eigenvalue weighted by molar-refractivity contribution is 7.11. The van der Waals surface area contributed by atoms with E-state index in [-0.39, 0.29) is 0 Å². The lowest BCUT2D eigenvalue weighted by atomic mass is 10.2. The van der Waals surface area contributed by atoms with E-state index in [4.69, 9.17) is 0 Å². The summed E-state index contributed by atoms with van der Waals surface area (Å²) in [5.41, 5.74) is 0. The molecule has 0 amide bonds. The molecule has 1 aliphatic carbocycles. The largest absolute Gasteiger partial charge is 0.305 e. The average Bonchev–Trinajstić information content (AvgIpc) is 2.88. The average molecular weight is 263 g/mol. The molecule has 0 bridgehead atoms. The van der Waals surface area contributed by atoms with E-state index in [1.54, 1.807) is 0 Å². The smallest absolute Gasteiger partial charge is 0.0764 e. The number of hydrogen-bond acceptors (Lipinski definition) is 3. The van der Waals surface area contributed by atoms with Gasteiger partial charge in [-0.15, -0.1) is 22.7 Å². The van der Waals surface area contributed by atoms with Crippen molar-refractivity contribution in [2.75, 3.05) is 6.54 Å². The topological polar surface area (TPSA) is 12.0 Å². The molecule has 90 valence electrons. The van der Waals surface area contributed by atoms with E-state index in [0.717, 1.165) is 12.5 Å². The molecule has 1 fully saturated rings. The van der Waals surface area contributed by atoms with Crippen molar-refractivity contribution in [1.29, 1.82) is 0 Å². The molecule has 17 heavy (non-hydrogen) atoms. The maximum Gasteiger partial charge on any atom is 0.0764 e. The molecule has 0 saturated heterocycles. The Morgan fingerprint density at radius 2 is 1.76 bits per heavy atom. The quantitative estimate of drug-likeness (QED) is 0.820. The van der Waals surface area contributed by atoms with Gasteiger partial charge in [-0.2, -0.15) is 0 Å². The number of nitrogens with one attached hydrogen (secondary N) is 1. The molecule has 0 aliphatic heterocycles. The van der Waals surface area contributed by atoms with Crippen molar-refractivity contribution in [3.05, 3.63) is 44.8 Å². The van der Waals surface area contributed by atoms with E-state index in [9.17, 15) is 0 Å². The van der Waals surface area contributed by atoms with Gasteiger partial charge in [0.15, 0.2) is 0 Å². The third-order valence-corrected chi connectivity index (χ3v) is 5.13. The van der Waals surface area contributed by atoms with Gasteiger partial charge in [-0.25, -0.2) is 0 Å². The van der Waals surface area contributed by atoms with E-state index in [1.165, 1.54) is 29.0 Å². The Kier molecular flexibility index (Phi) is 3.60. The minimum Gasteiger partial charge on any atom is -0.305 e. The molecular weight excluding hydrogens is 246 g/mol. The van der Waals surface area contributed by atoms with Crippen molar-refractivity contribution < 1.29 is 0 Å². The van der Waals surface area contributed by atoms with E-state index < -0.39 is 0 Å². The monoisotopic (exact) mass is 263 g/mol. The second kappa shape index (κ2) is 5.34. The SMILES string of the molecule is c1csc(C(NCCC2CC2)c2cccs2)c1. The number of thiophene rings is 2. The van der Waals surface area contributed by atoms with Gasteiger partial charge >= 0.3 is 0 Å². The predicted molar refractivity (Wildman–Crippen MR) is 75.8 cm³/mol. The van der Waals surface area contributed by atoms with Crippen LogP contribution in [0.5, 0.6) is 0 Å². The molecule has 2 aromatic rings. The van der Waals surface area contributed by atoms with Gasteiger partial charge in [0, 0.05) is 9.75 Å². The Morgan fingerprint density at radius 3 is 2.24 bits per heavy atom. The first-order chi connectivity index (χ1) is 8.43. The molecular formula is C14H17NS2. The van der Waals surface area contributed by atoms with Crippen LogP contribution >= 0.6 is 22.7 Å². The number of hydrogen-bond donors (Lipinski definition) is 1. The first-order valence-electron chi connectivity index (χ1n) is 6.23. The fraction of sp³-hybridized carbons (Fsp3) is 0.429. The summed E-state index contributed by atoms with van der Waals surface area (Å²) in [5, 5.41) is 8.05. The van der Waals surface area contributed by atoms with Gasteiger partial charge in [-0.1, -0.05) is 25.0 Å². The van der Waals surface area contributed by atoms with Crippen molar-refractivity contribution in [3.8, 4) is 0 Å². The minimum atomic E-state index is 0.411. The minimum absolute atomic E-state index is 0.411. The van der Waals surface area contributed by atoms with Crippen LogP contribution in [-0.4, -0.2) is 6.54 Å². The first-order valence-corrected chi connectivity index (χ1v) is 7.99. The zero-order valence-electron chi connectivity index (χ0n) is 9.76. The molecule has 3 rings (SSSR count). The van der Waals surface area contributed by atoms with Crippen LogP contribution in [0.1, 0.15) is 35.1 Å². The summed E-state index contributed by atoms with van der Waals surface area (Å²) in [6.07, 6.45) is 4.24. The highest BCUT2D eigenvalue weighted by atomic mass is 32.1. The zero-order chi connectivity index (χ0) is 11.5. The fourth-order valence-electron chi connectivity index (χ4n) is 2.09. The highest BCUT2D eigenvalue weighted by Crippen LogP contribution is 2.33. The van der Waals surface area contributed by atoms with E-state index in [2.05, 4.69) is 40.3 Å². The fourth-order valence-corrected chi connectivity index (χ4v) is 3.80. The molecule has 0 aromatic carbocycles. The number of rotatable bonds is 6. The molecule has 2 heterocycles. The summed E-state index contributed by atoms with van der Waals surface area (Å²) >= 11 is 3.70. The predicted octanol–water partition coefficient (Wildman–Crippen LogP) is 4.29. The third-order valence-electron chi connectivity index (χ3n) is 3.25. The molecule has 1 aliphatic rings. The first kappa shape index (κ1) is 11.5. The van der Waals surface area contributed by atoms with Gasteiger partial charge in [0.25, 0.3) is 0 Å². The summed E-state index contributed by atoms with van der Waals surface area (Å²) in [6.45, 7) is 1.14. The van der Waals surface area contributed by atoms with Crippen LogP contribution in [0.2, 0.25) is 0 Å². The standard InChI is InChI=1S/C14H17NS2/c1-3-12(16-9-1)14(13-4-2-10-17-13)15-8-7-11-5-6-11/h1-4,9-11,14-15H,5-8H2. The normalized spacial score (nSPS) is 15.6. The Hall–Kier alpha value is -0.640. The van der Waals surface area contributed by atoms with Gasteiger partial charge in [0.1, 0.15) is 0 Å². The maximum absolute atomic E-state index is 3.72. The molecule has 1 saturated carbocycles. The summed E-state index contributed by atoms with van der Waals surface area (Å²) in [7, 11) is 0. The second-order valence-corrected chi connectivity index (χ2v) is 6.61. The van der Waals surface area contributed by atoms with Crippen molar-refractivity contribution >= 4 is 22.7 Å². The van der Waals surface area contributed by atoms with Crippen LogP contribution in [0.15, 0.2) is 35.0 Å². The van der Waals surface area contributed by atoms with E-state index in [0.29, 0.717) is 6.04 Å².